The molecule has 0 unspecified atom stereocenters. The van der Waals surface area contributed by atoms with Gasteiger partial charge in [0.05, 0.1) is 23.2 Å². The van der Waals surface area contributed by atoms with Crippen LogP contribution in [-0.2, 0) is 0 Å². The average molecular weight is 429 g/mol. The van der Waals surface area contributed by atoms with Gasteiger partial charge in [0.2, 0.25) is 5.78 Å². The van der Waals surface area contributed by atoms with Crippen LogP contribution in [0.15, 0.2) is 88.8 Å². The summed E-state index contributed by atoms with van der Waals surface area (Å²) in [5.74, 6) is 2.04. The van der Waals surface area contributed by atoms with Gasteiger partial charge in [-0.25, -0.2) is 4.57 Å². The van der Waals surface area contributed by atoms with E-state index in [1.165, 1.54) is 0 Å². The molecule has 0 bridgehead atoms. The van der Waals surface area contributed by atoms with Crippen molar-refractivity contribution in [1.29, 1.82) is 0 Å². The molecule has 6 nitrogen and oxygen atoms in total. The summed E-state index contributed by atoms with van der Waals surface area (Å²) in [6, 6.07) is 25.1. The Morgan fingerprint density at radius 1 is 0.903 bits per heavy atom. The third kappa shape index (κ3) is 3.68. The van der Waals surface area contributed by atoms with Crippen molar-refractivity contribution in [3.63, 3.8) is 0 Å². The first-order chi connectivity index (χ1) is 15.2. The van der Waals surface area contributed by atoms with Crippen molar-refractivity contribution in [2.24, 2.45) is 0 Å². The molecule has 2 aromatic heterocycles. The Labute approximate surface area is 183 Å². The van der Waals surface area contributed by atoms with Crippen molar-refractivity contribution in [2.45, 2.75) is 12.1 Å². The standard InChI is InChI=1S/C24H20N4O2S/c1-17-11-13-18(14-12-17)27-22(29)20-9-5-6-10-21(20)28-23(27)25-26-24(28)31-16-15-30-19-7-3-2-4-8-19/h2-14H,15-16H2,1H3. The van der Waals surface area contributed by atoms with Gasteiger partial charge in [0, 0.05) is 5.75 Å². The van der Waals surface area contributed by atoms with Crippen molar-refractivity contribution >= 4 is 28.4 Å². The molecule has 0 aliphatic carbocycles. The Morgan fingerprint density at radius 3 is 2.45 bits per heavy atom. The normalized spacial score (nSPS) is 11.3. The second-order valence-corrected chi connectivity index (χ2v) is 8.18. The first-order valence-corrected chi connectivity index (χ1v) is 11.0. The molecule has 0 fully saturated rings. The number of benzene rings is 3. The molecule has 0 saturated heterocycles. The fourth-order valence-corrected chi connectivity index (χ4v) is 4.26. The monoisotopic (exact) mass is 428 g/mol. The number of hydrogen-bond acceptors (Lipinski definition) is 5. The summed E-state index contributed by atoms with van der Waals surface area (Å²) in [5.41, 5.74) is 2.58. The van der Waals surface area contributed by atoms with Gasteiger partial charge in [0.1, 0.15) is 5.75 Å². The summed E-state index contributed by atoms with van der Waals surface area (Å²) in [7, 11) is 0. The number of para-hydroxylation sites is 2. The Morgan fingerprint density at radius 2 is 1.65 bits per heavy atom. The Balaban J connectivity index is 1.55. The number of thioether (sulfide) groups is 1. The predicted octanol–water partition coefficient (Wildman–Crippen LogP) is 4.51. The molecule has 0 amide bonds. The van der Waals surface area contributed by atoms with Crippen LogP contribution in [0.25, 0.3) is 22.4 Å². The van der Waals surface area contributed by atoms with Crippen molar-refractivity contribution in [2.75, 3.05) is 12.4 Å². The molecule has 7 heteroatoms. The van der Waals surface area contributed by atoms with E-state index in [4.69, 9.17) is 4.74 Å². The molecular weight excluding hydrogens is 408 g/mol. The van der Waals surface area contributed by atoms with Crippen LogP contribution in [0.3, 0.4) is 0 Å². The summed E-state index contributed by atoms with van der Waals surface area (Å²) in [4.78, 5) is 13.3. The van der Waals surface area contributed by atoms with Gasteiger partial charge in [-0.05, 0) is 43.3 Å². The first kappa shape index (κ1) is 19.4. The number of fused-ring (bicyclic) bond motifs is 3. The van der Waals surface area contributed by atoms with Crippen molar-refractivity contribution < 1.29 is 4.74 Å². The van der Waals surface area contributed by atoms with E-state index in [-0.39, 0.29) is 5.56 Å². The van der Waals surface area contributed by atoms with Crippen LogP contribution in [0.4, 0.5) is 0 Å². The highest BCUT2D eigenvalue weighted by atomic mass is 32.2. The predicted molar refractivity (Wildman–Crippen MR) is 123 cm³/mol. The fourth-order valence-electron chi connectivity index (χ4n) is 3.51. The van der Waals surface area contributed by atoms with Gasteiger partial charge in [-0.15, -0.1) is 10.2 Å². The zero-order chi connectivity index (χ0) is 21.2. The molecule has 0 spiro atoms. The second kappa shape index (κ2) is 8.28. The van der Waals surface area contributed by atoms with Gasteiger partial charge in [-0.2, -0.15) is 0 Å². The molecule has 154 valence electrons. The van der Waals surface area contributed by atoms with Gasteiger partial charge >= 0.3 is 0 Å². The molecular formula is C24H20N4O2S. The quantitative estimate of drug-likeness (QED) is 0.294. The summed E-state index contributed by atoms with van der Waals surface area (Å²) >= 11 is 1.55. The fraction of sp³-hybridized carbons (Fsp3) is 0.125. The van der Waals surface area contributed by atoms with Gasteiger partial charge in [0.15, 0.2) is 5.16 Å². The molecule has 0 radical (unpaired) electrons. The number of rotatable bonds is 6. The lowest BCUT2D eigenvalue weighted by Gasteiger charge is -2.11. The van der Waals surface area contributed by atoms with Gasteiger partial charge in [0.25, 0.3) is 5.56 Å². The number of aromatic nitrogens is 4. The lowest BCUT2D eigenvalue weighted by molar-refractivity contribution is 0.344. The number of nitrogens with zero attached hydrogens (tertiary/aromatic N) is 4. The lowest BCUT2D eigenvalue weighted by Crippen LogP contribution is -2.21. The second-order valence-electron chi connectivity index (χ2n) is 7.12. The highest BCUT2D eigenvalue weighted by Crippen LogP contribution is 2.23. The van der Waals surface area contributed by atoms with Crippen LogP contribution in [0.1, 0.15) is 5.56 Å². The van der Waals surface area contributed by atoms with Gasteiger partial charge < -0.3 is 4.74 Å². The SMILES string of the molecule is Cc1ccc(-n2c(=O)c3ccccc3n3c(SCCOc4ccccc4)nnc23)cc1. The van der Waals surface area contributed by atoms with Crippen LogP contribution >= 0.6 is 11.8 Å². The molecule has 5 rings (SSSR count). The molecule has 0 saturated carbocycles. The minimum Gasteiger partial charge on any atom is -0.493 e. The molecule has 3 aromatic carbocycles. The zero-order valence-electron chi connectivity index (χ0n) is 16.9. The summed E-state index contributed by atoms with van der Waals surface area (Å²) in [6.07, 6.45) is 0. The van der Waals surface area contributed by atoms with Crippen molar-refractivity contribution in [3.8, 4) is 11.4 Å². The highest BCUT2D eigenvalue weighted by Gasteiger charge is 2.17. The maximum absolute atomic E-state index is 13.3. The topological polar surface area (TPSA) is 61.4 Å². The van der Waals surface area contributed by atoms with Crippen LogP contribution in [0.5, 0.6) is 5.75 Å². The van der Waals surface area contributed by atoms with E-state index in [0.29, 0.717) is 23.5 Å². The maximum Gasteiger partial charge on any atom is 0.267 e. The largest absolute Gasteiger partial charge is 0.493 e. The average Bonchev–Trinajstić information content (AvgIpc) is 3.22. The van der Waals surface area contributed by atoms with Crippen LogP contribution in [0, 0.1) is 6.92 Å². The van der Waals surface area contributed by atoms with E-state index in [1.807, 2.05) is 90.2 Å². The van der Waals surface area contributed by atoms with Crippen LogP contribution in [0.2, 0.25) is 0 Å². The van der Waals surface area contributed by atoms with E-state index in [0.717, 1.165) is 27.7 Å². The summed E-state index contributed by atoms with van der Waals surface area (Å²) in [5, 5.41) is 10.1. The molecule has 0 N–H and O–H groups in total. The van der Waals surface area contributed by atoms with Crippen LogP contribution in [-0.4, -0.2) is 31.5 Å². The molecule has 2 heterocycles. The minimum atomic E-state index is -0.108. The first-order valence-electron chi connectivity index (χ1n) is 9.99. The minimum absolute atomic E-state index is 0.108. The molecule has 0 aliphatic heterocycles. The van der Waals surface area contributed by atoms with Crippen molar-refractivity contribution in [3.05, 3.63) is 94.8 Å². The smallest absolute Gasteiger partial charge is 0.267 e. The van der Waals surface area contributed by atoms with E-state index >= 15 is 0 Å². The lowest BCUT2D eigenvalue weighted by atomic mass is 10.2. The van der Waals surface area contributed by atoms with Gasteiger partial charge in [-0.1, -0.05) is 59.8 Å². The Hall–Kier alpha value is -3.58. The maximum atomic E-state index is 13.3. The van der Waals surface area contributed by atoms with E-state index in [9.17, 15) is 4.79 Å². The third-order valence-corrected chi connectivity index (χ3v) is 5.91. The Bertz CT molecular complexity index is 1410. The van der Waals surface area contributed by atoms with Crippen molar-refractivity contribution in [1.82, 2.24) is 19.2 Å². The molecule has 31 heavy (non-hydrogen) atoms. The Kier molecular flexibility index (Phi) is 5.18. The molecule has 0 atom stereocenters. The van der Waals surface area contributed by atoms with Gasteiger partial charge in [-0.3, -0.25) is 9.20 Å². The van der Waals surface area contributed by atoms with E-state index < -0.39 is 0 Å². The highest BCUT2D eigenvalue weighted by molar-refractivity contribution is 7.99. The van der Waals surface area contributed by atoms with Crippen LogP contribution < -0.4 is 10.3 Å². The summed E-state index contributed by atoms with van der Waals surface area (Å²) < 4.78 is 9.37. The number of ether oxygens (including phenoxy) is 1. The van der Waals surface area contributed by atoms with E-state index in [1.54, 1.807) is 16.3 Å². The number of aryl methyl sites for hydroxylation is 1. The summed E-state index contributed by atoms with van der Waals surface area (Å²) in [6.45, 7) is 2.56. The zero-order valence-corrected chi connectivity index (χ0v) is 17.7. The van der Waals surface area contributed by atoms with E-state index in [2.05, 4.69) is 10.2 Å². The molecule has 0 aliphatic rings. The number of hydrogen-bond donors (Lipinski definition) is 0. The molecule has 5 aromatic rings. The third-order valence-electron chi connectivity index (χ3n) is 5.01.